The molecule has 0 aliphatic carbocycles. The van der Waals surface area contributed by atoms with E-state index in [2.05, 4.69) is 10.2 Å². The Hall–Kier alpha value is -3.10. The normalized spacial score (nSPS) is 14.9. The summed E-state index contributed by atoms with van der Waals surface area (Å²) in [5.41, 5.74) is 1.90. The van der Waals surface area contributed by atoms with Crippen LogP contribution in [0, 0.1) is 0 Å². The molecule has 174 valence electrons. The molecule has 1 amide bonds. The number of fused-ring (bicyclic) bond motifs is 1. The fourth-order valence-corrected chi connectivity index (χ4v) is 5.57. The minimum absolute atomic E-state index is 0.0959. The summed E-state index contributed by atoms with van der Waals surface area (Å²) in [6.07, 6.45) is 0.221. The highest BCUT2D eigenvalue weighted by Crippen LogP contribution is 2.28. The summed E-state index contributed by atoms with van der Waals surface area (Å²) in [6.45, 7) is 2.09. The number of hydrogen-bond acceptors (Lipinski definition) is 5. The van der Waals surface area contributed by atoms with Crippen LogP contribution >= 0.6 is 0 Å². The van der Waals surface area contributed by atoms with Crippen LogP contribution in [-0.2, 0) is 21.2 Å². The fraction of sp³-hybridized carbons (Fsp3) is 0.320. The predicted molar refractivity (Wildman–Crippen MR) is 131 cm³/mol. The number of nitrogens with zero attached hydrogens (tertiary/aromatic N) is 2. The van der Waals surface area contributed by atoms with Crippen LogP contribution in [0.25, 0.3) is 10.8 Å². The summed E-state index contributed by atoms with van der Waals surface area (Å²) in [5.74, 6) is 0.494. The van der Waals surface area contributed by atoms with Crippen molar-refractivity contribution in [2.24, 2.45) is 0 Å². The molecule has 1 fully saturated rings. The van der Waals surface area contributed by atoms with Gasteiger partial charge in [0.1, 0.15) is 5.75 Å². The number of benzene rings is 3. The Balaban J connectivity index is 1.27. The third kappa shape index (κ3) is 5.46. The van der Waals surface area contributed by atoms with Gasteiger partial charge in [-0.05, 0) is 28.5 Å². The van der Waals surface area contributed by atoms with Crippen molar-refractivity contribution in [1.82, 2.24) is 9.62 Å². The first-order valence-corrected chi connectivity index (χ1v) is 12.7. The van der Waals surface area contributed by atoms with Crippen molar-refractivity contribution in [2.45, 2.75) is 6.42 Å². The third-order valence-corrected chi connectivity index (χ3v) is 7.84. The number of methoxy groups -OCH3 is 1. The molecule has 0 saturated carbocycles. The number of ether oxygens (including phenoxy) is 1. The van der Waals surface area contributed by atoms with Crippen LogP contribution in [0.4, 0.5) is 5.69 Å². The van der Waals surface area contributed by atoms with E-state index in [1.54, 1.807) is 7.11 Å². The van der Waals surface area contributed by atoms with Crippen molar-refractivity contribution in [3.63, 3.8) is 0 Å². The monoisotopic (exact) mass is 467 g/mol. The number of para-hydroxylation sites is 2. The summed E-state index contributed by atoms with van der Waals surface area (Å²) in [7, 11) is -1.81. The fourth-order valence-electron chi connectivity index (χ4n) is 4.23. The van der Waals surface area contributed by atoms with Crippen molar-refractivity contribution >= 4 is 32.4 Å². The Morgan fingerprint density at radius 2 is 1.64 bits per heavy atom. The van der Waals surface area contributed by atoms with Crippen molar-refractivity contribution < 1.29 is 17.9 Å². The Bertz CT molecular complexity index is 1220. The molecule has 1 heterocycles. The van der Waals surface area contributed by atoms with Crippen LogP contribution in [0.15, 0.2) is 66.7 Å². The Morgan fingerprint density at radius 1 is 0.939 bits per heavy atom. The van der Waals surface area contributed by atoms with E-state index in [0.717, 1.165) is 27.8 Å². The third-order valence-electron chi connectivity index (χ3n) is 5.97. The van der Waals surface area contributed by atoms with Crippen molar-refractivity contribution in [2.75, 3.05) is 50.5 Å². The molecule has 33 heavy (non-hydrogen) atoms. The molecule has 0 bridgehead atoms. The maximum Gasteiger partial charge on any atom is 0.224 e. The first-order valence-electron chi connectivity index (χ1n) is 11.1. The summed E-state index contributed by atoms with van der Waals surface area (Å²) >= 11 is 0. The van der Waals surface area contributed by atoms with Crippen molar-refractivity contribution in [3.8, 4) is 5.75 Å². The Labute approximate surface area is 195 Å². The molecule has 3 aromatic rings. The number of hydrogen-bond donors (Lipinski definition) is 1. The van der Waals surface area contributed by atoms with E-state index in [4.69, 9.17) is 4.74 Å². The smallest absolute Gasteiger partial charge is 0.224 e. The van der Waals surface area contributed by atoms with Gasteiger partial charge in [-0.2, -0.15) is 4.31 Å². The molecule has 1 aliphatic heterocycles. The molecule has 7 nitrogen and oxygen atoms in total. The number of rotatable bonds is 8. The number of amides is 1. The van der Waals surface area contributed by atoms with Crippen molar-refractivity contribution in [3.05, 3.63) is 72.3 Å². The summed E-state index contributed by atoms with van der Waals surface area (Å²) in [4.78, 5) is 14.6. The van der Waals surface area contributed by atoms with Crippen LogP contribution in [0.2, 0.25) is 0 Å². The molecule has 1 N–H and O–H groups in total. The SMILES string of the molecule is COc1ccccc1N1CCN(S(=O)(=O)CCNC(=O)Cc2cccc3ccccc23)CC1. The van der Waals surface area contributed by atoms with Gasteiger partial charge in [-0.15, -0.1) is 0 Å². The van der Waals surface area contributed by atoms with Gasteiger partial charge in [-0.3, -0.25) is 4.79 Å². The number of carbonyl (C=O) groups is 1. The lowest BCUT2D eigenvalue weighted by atomic mass is 10.0. The highest BCUT2D eigenvalue weighted by atomic mass is 32.2. The zero-order valence-electron chi connectivity index (χ0n) is 18.7. The number of piperazine rings is 1. The van der Waals surface area contributed by atoms with Gasteiger partial charge < -0.3 is 15.0 Å². The van der Waals surface area contributed by atoms with E-state index in [1.165, 1.54) is 4.31 Å². The topological polar surface area (TPSA) is 79.0 Å². The molecule has 0 atom stereocenters. The van der Waals surface area contributed by atoms with Gasteiger partial charge in [0.15, 0.2) is 0 Å². The van der Waals surface area contributed by atoms with Gasteiger partial charge >= 0.3 is 0 Å². The van der Waals surface area contributed by atoms with Crippen LogP contribution in [0.1, 0.15) is 5.56 Å². The van der Waals surface area contributed by atoms with Crippen LogP contribution in [0.5, 0.6) is 5.75 Å². The van der Waals surface area contributed by atoms with E-state index in [9.17, 15) is 13.2 Å². The molecule has 8 heteroatoms. The van der Waals surface area contributed by atoms with Crippen LogP contribution < -0.4 is 15.0 Å². The Kier molecular flexibility index (Phi) is 7.15. The Morgan fingerprint density at radius 3 is 2.42 bits per heavy atom. The molecule has 1 aliphatic rings. The first-order chi connectivity index (χ1) is 16.0. The van der Waals surface area contributed by atoms with Gasteiger partial charge in [0, 0.05) is 32.7 Å². The maximum absolute atomic E-state index is 12.8. The highest BCUT2D eigenvalue weighted by molar-refractivity contribution is 7.89. The number of nitrogens with one attached hydrogen (secondary N) is 1. The lowest BCUT2D eigenvalue weighted by Crippen LogP contribution is -2.50. The zero-order valence-corrected chi connectivity index (χ0v) is 19.6. The molecule has 0 spiro atoms. The van der Waals surface area contributed by atoms with Gasteiger partial charge in [0.25, 0.3) is 0 Å². The quantitative estimate of drug-likeness (QED) is 0.551. The van der Waals surface area contributed by atoms with Crippen LogP contribution in [-0.4, -0.2) is 64.2 Å². The second-order valence-corrected chi connectivity index (χ2v) is 10.1. The predicted octanol–water partition coefficient (Wildman–Crippen LogP) is 2.66. The molecular weight excluding hydrogens is 438 g/mol. The second kappa shape index (κ2) is 10.2. The molecule has 1 saturated heterocycles. The van der Waals surface area contributed by atoms with Gasteiger partial charge in [-0.1, -0.05) is 54.6 Å². The lowest BCUT2D eigenvalue weighted by molar-refractivity contribution is -0.120. The molecule has 0 unspecified atom stereocenters. The van der Waals surface area contributed by atoms with Gasteiger partial charge in [-0.25, -0.2) is 8.42 Å². The molecule has 4 rings (SSSR count). The van der Waals surface area contributed by atoms with E-state index < -0.39 is 10.0 Å². The highest BCUT2D eigenvalue weighted by Gasteiger charge is 2.27. The largest absolute Gasteiger partial charge is 0.495 e. The zero-order chi connectivity index (χ0) is 23.3. The summed E-state index contributed by atoms with van der Waals surface area (Å²) in [6, 6.07) is 21.5. The van der Waals surface area contributed by atoms with Crippen LogP contribution in [0.3, 0.4) is 0 Å². The minimum atomic E-state index is -3.45. The second-order valence-electron chi connectivity index (χ2n) is 8.04. The number of carbonyl (C=O) groups excluding carboxylic acids is 1. The van der Waals surface area contributed by atoms with E-state index in [0.29, 0.717) is 26.2 Å². The average molecular weight is 468 g/mol. The summed E-state index contributed by atoms with van der Waals surface area (Å²) < 4.78 is 32.5. The number of sulfonamides is 1. The molecular formula is C25H29N3O4S. The maximum atomic E-state index is 12.8. The van der Waals surface area contributed by atoms with E-state index in [1.807, 2.05) is 66.7 Å². The average Bonchev–Trinajstić information content (AvgIpc) is 2.84. The van der Waals surface area contributed by atoms with Crippen molar-refractivity contribution in [1.29, 1.82) is 0 Å². The van der Waals surface area contributed by atoms with E-state index >= 15 is 0 Å². The lowest BCUT2D eigenvalue weighted by Gasteiger charge is -2.36. The standard InChI is InChI=1S/C25H29N3O4S/c1-32-24-12-5-4-11-23(24)27-14-16-28(17-15-27)33(30,31)18-13-26-25(29)19-21-9-6-8-20-7-2-3-10-22(20)21/h2-12H,13-19H2,1H3,(H,26,29). The minimum Gasteiger partial charge on any atom is -0.495 e. The molecule has 0 aromatic heterocycles. The molecule has 0 radical (unpaired) electrons. The number of anilines is 1. The van der Waals surface area contributed by atoms with Gasteiger partial charge in [0.05, 0.1) is 25.0 Å². The van der Waals surface area contributed by atoms with E-state index in [-0.39, 0.29) is 24.6 Å². The first kappa shape index (κ1) is 23.1. The van der Waals surface area contributed by atoms with Gasteiger partial charge in [0.2, 0.25) is 15.9 Å². The molecule has 3 aromatic carbocycles. The summed E-state index contributed by atoms with van der Waals surface area (Å²) in [5, 5.41) is 4.89.